The van der Waals surface area contributed by atoms with E-state index >= 15 is 0 Å². The van der Waals surface area contributed by atoms with E-state index in [0.29, 0.717) is 0 Å². The molecule has 0 spiro atoms. The number of aryl methyl sites for hydroxylation is 2. The quantitative estimate of drug-likeness (QED) is 0.254. The zero-order valence-electron chi connectivity index (χ0n) is 17.3. The Hall–Kier alpha value is -0.803. The molecule has 0 aliphatic carbocycles. The van der Waals surface area contributed by atoms with E-state index in [1.54, 1.807) is 0 Å². The van der Waals surface area contributed by atoms with Gasteiger partial charge in [-0.25, -0.2) is 0 Å². The third-order valence-electron chi connectivity index (χ3n) is 4.94. The predicted octanol–water partition coefficient (Wildman–Crippen LogP) is 7.32. The molecule has 0 bridgehead atoms. The molecule has 0 saturated carbocycles. The van der Waals surface area contributed by atoms with Crippen molar-refractivity contribution in [3.63, 3.8) is 0 Å². The Morgan fingerprint density at radius 3 is 1.76 bits per heavy atom. The SMILES string of the molecule is CCCCCCCCCCO[Si](CC)(CC)Oc1cc(C)cc(C)c1. The molecule has 0 fully saturated rings. The standard InChI is InChI=1S/C22H40O2Si/c1-6-9-10-11-12-13-14-15-16-23-25(7-2,8-3)24-22-18-20(4)17-21(5)19-22/h17-19H,6-16H2,1-5H3. The first-order chi connectivity index (χ1) is 12.0. The molecule has 0 N–H and O–H groups in total. The van der Waals surface area contributed by atoms with Crippen molar-refractivity contribution in [3.8, 4) is 5.75 Å². The molecule has 144 valence electrons. The van der Waals surface area contributed by atoms with Crippen molar-refractivity contribution in [2.75, 3.05) is 6.61 Å². The molecule has 1 rings (SSSR count). The summed E-state index contributed by atoms with van der Waals surface area (Å²) in [5.74, 6) is 0.990. The van der Waals surface area contributed by atoms with Gasteiger partial charge in [-0.2, -0.15) is 0 Å². The van der Waals surface area contributed by atoms with Gasteiger partial charge in [-0.05, 0) is 55.6 Å². The predicted molar refractivity (Wildman–Crippen MR) is 112 cm³/mol. The van der Waals surface area contributed by atoms with Crippen molar-refractivity contribution in [2.24, 2.45) is 0 Å². The summed E-state index contributed by atoms with van der Waals surface area (Å²) in [6.45, 7) is 11.8. The summed E-state index contributed by atoms with van der Waals surface area (Å²) in [5, 5.41) is 0. The van der Waals surface area contributed by atoms with Crippen LogP contribution in [0.4, 0.5) is 0 Å². The number of hydrogen-bond donors (Lipinski definition) is 0. The summed E-state index contributed by atoms with van der Waals surface area (Å²) in [7, 11) is -2.12. The van der Waals surface area contributed by atoms with Crippen LogP contribution in [0.15, 0.2) is 18.2 Å². The van der Waals surface area contributed by atoms with Crippen LogP contribution in [-0.4, -0.2) is 15.2 Å². The van der Waals surface area contributed by atoms with Crippen molar-refractivity contribution < 1.29 is 8.85 Å². The molecule has 25 heavy (non-hydrogen) atoms. The smallest absolute Gasteiger partial charge is 0.398 e. The molecule has 0 aliphatic rings. The monoisotopic (exact) mass is 364 g/mol. The van der Waals surface area contributed by atoms with Crippen LogP contribution in [0.5, 0.6) is 5.75 Å². The average molecular weight is 365 g/mol. The van der Waals surface area contributed by atoms with Gasteiger partial charge in [0.25, 0.3) is 0 Å². The number of benzene rings is 1. The lowest BCUT2D eigenvalue weighted by Crippen LogP contribution is -2.44. The molecule has 0 saturated heterocycles. The molecule has 2 nitrogen and oxygen atoms in total. The largest absolute Gasteiger partial charge is 0.520 e. The van der Waals surface area contributed by atoms with Crippen LogP contribution < -0.4 is 4.43 Å². The second kappa shape index (κ2) is 12.5. The Kier molecular flexibility index (Phi) is 11.1. The van der Waals surface area contributed by atoms with Crippen LogP contribution >= 0.6 is 0 Å². The highest BCUT2D eigenvalue weighted by molar-refractivity contribution is 6.68. The van der Waals surface area contributed by atoms with E-state index in [1.165, 1.54) is 62.5 Å². The highest BCUT2D eigenvalue weighted by Gasteiger charge is 2.35. The van der Waals surface area contributed by atoms with Crippen molar-refractivity contribution in [3.05, 3.63) is 29.3 Å². The molecular weight excluding hydrogens is 324 g/mol. The van der Waals surface area contributed by atoms with Gasteiger partial charge in [-0.15, -0.1) is 0 Å². The summed E-state index contributed by atoms with van der Waals surface area (Å²) < 4.78 is 12.8. The van der Waals surface area contributed by atoms with E-state index in [4.69, 9.17) is 8.85 Å². The first kappa shape index (κ1) is 22.2. The molecular formula is C22H40O2Si. The Labute approximate surface area is 157 Å². The van der Waals surface area contributed by atoms with Crippen LogP contribution in [0.25, 0.3) is 0 Å². The van der Waals surface area contributed by atoms with Crippen LogP contribution in [-0.2, 0) is 4.43 Å². The fourth-order valence-electron chi connectivity index (χ4n) is 3.33. The van der Waals surface area contributed by atoms with Gasteiger partial charge in [0.05, 0.1) is 0 Å². The zero-order chi connectivity index (χ0) is 18.5. The Balaban J connectivity index is 2.37. The van der Waals surface area contributed by atoms with E-state index in [2.05, 4.69) is 52.8 Å². The van der Waals surface area contributed by atoms with E-state index < -0.39 is 8.56 Å². The van der Waals surface area contributed by atoms with Crippen LogP contribution in [0, 0.1) is 13.8 Å². The topological polar surface area (TPSA) is 18.5 Å². The molecule has 0 unspecified atom stereocenters. The van der Waals surface area contributed by atoms with Gasteiger partial charge in [0.2, 0.25) is 0 Å². The van der Waals surface area contributed by atoms with E-state index in [9.17, 15) is 0 Å². The van der Waals surface area contributed by atoms with Crippen LogP contribution in [0.2, 0.25) is 12.1 Å². The summed E-state index contributed by atoms with van der Waals surface area (Å²) >= 11 is 0. The van der Waals surface area contributed by atoms with E-state index in [-0.39, 0.29) is 0 Å². The molecule has 0 heterocycles. The maximum Gasteiger partial charge on any atom is 0.398 e. The Bertz CT molecular complexity index is 449. The van der Waals surface area contributed by atoms with Crippen molar-refractivity contribution in [1.29, 1.82) is 0 Å². The molecule has 1 aromatic rings. The molecule has 0 amide bonds. The van der Waals surface area contributed by atoms with E-state index in [1.807, 2.05) is 0 Å². The third kappa shape index (κ3) is 8.91. The van der Waals surface area contributed by atoms with Gasteiger partial charge in [0, 0.05) is 6.61 Å². The normalized spacial score (nSPS) is 11.7. The number of unbranched alkanes of at least 4 members (excludes halogenated alkanes) is 7. The molecule has 0 atom stereocenters. The molecule has 0 aliphatic heterocycles. The van der Waals surface area contributed by atoms with Gasteiger partial charge in [0.1, 0.15) is 5.75 Å². The van der Waals surface area contributed by atoms with Gasteiger partial charge in [0.15, 0.2) is 0 Å². The molecule has 0 aromatic heterocycles. The van der Waals surface area contributed by atoms with Gasteiger partial charge in [-0.1, -0.05) is 71.8 Å². The minimum Gasteiger partial charge on any atom is -0.520 e. The highest BCUT2D eigenvalue weighted by atomic mass is 28.4. The first-order valence-corrected chi connectivity index (χ1v) is 12.7. The van der Waals surface area contributed by atoms with Crippen molar-refractivity contribution >= 4 is 8.56 Å². The van der Waals surface area contributed by atoms with Gasteiger partial charge in [-0.3, -0.25) is 0 Å². The van der Waals surface area contributed by atoms with Gasteiger partial charge < -0.3 is 8.85 Å². The molecule has 1 aromatic carbocycles. The number of hydrogen-bond acceptors (Lipinski definition) is 2. The lowest BCUT2D eigenvalue weighted by atomic mass is 10.1. The Morgan fingerprint density at radius 1 is 0.720 bits per heavy atom. The lowest BCUT2D eigenvalue weighted by Gasteiger charge is -2.29. The molecule has 3 heteroatoms. The summed E-state index contributed by atoms with van der Waals surface area (Å²) in [6.07, 6.45) is 10.7. The maximum absolute atomic E-state index is 6.45. The molecule has 0 radical (unpaired) electrons. The van der Waals surface area contributed by atoms with Gasteiger partial charge >= 0.3 is 8.56 Å². The van der Waals surface area contributed by atoms with Crippen molar-refractivity contribution in [2.45, 2.75) is 98.1 Å². The Morgan fingerprint density at radius 2 is 1.24 bits per heavy atom. The fourth-order valence-corrected chi connectivity index (χ4v) is 5.65. The first-order valence-electron chi connectivity index (χ1n) is 10.5. The summed E-state index contributed by atoms with van der Waals surface area (Å²) in [6, 6.07) is 8.48. The highest BCUT2D eigenvalue weighted by Crippen LogP contribution is 2.25. The van der Waals surface area contributed by atoms with Crippen LogP contribution in [0.3, 0.4) is 0 Å². The summed E-state index contributed by atoms with van der Waals surface area (Å²) in [4.78, 5) is 0. The average Bonchev–Trinajstić information content (AvgIpc) is 2.58. The van der Waals surface area contributed by atoms with Crippen molar-refractivity contribution in [1.82, 2.24) is 0 Å². The zero-order valence-corrected chi connectivity index (χ0v) is 18.3. The maximum atomic E-state index is 6.45. The van der Waals surface area contributed by atoms with Crippen LogP contribution in [0.1, 0.15) is 83.3 Å². The lowest BCUT2D eigenvalue weighted by molar-refractivity contribution is 0.230. The fraction of sp³-hybridized carbons (Fsp3) is 0.727. The summed E-state index contributed by atoms with van der Waals surface area (Å²) in [5.41, 5.74) is 2.52. The second-order valence-electron chi connectivity index (χ2n) is 7.37. The number of rotatable bonds is 14. The minimum absolute atomic E-state index is 0.855. The minimum atomic E-state index is -2.12. The third-order valence-corrected chi connectivity index (χ3v) is 8.43. The van der Waals surface area contributed by atoms with E-state index in [0.717, 1.165) is 24.4 Å². The second-order valence-corrected chi connectivity index (χ2v) is 11.1.